The van der Waals surface area contributed by atoms with Crippen molar-refractivity contribution < 1.29 is 26.7 Å². The first kappa shape index (κ1) is 20.6. The maximum Gasteiger partial charge on any atom is 0.414 e. The second-order valence-corrected chi connectivity index (χ2v) is 10.4. The summed E-state index contributed by atoms with van der Waals surface area (Å²) in [7, 11) is -3.25. The molecular weight excluding hydrogens is 444 g/mol. The van der Waals surface area contributed by atoms with Crippen LogP contribution in [0.5, 0.6) is 0 Å². The lowest BCUT2D eigenvalue weighted by molar-refractivity contribution is 0.129. The van der Waals surface area contributed by atoms with Gasteiger partial charge >= 0.3 is 6.09 Å². The van der Waals surface area contributed by atoms with E-state index >= 15 is 8.78 Å². The van der Waals surface area contributed by atoms with Crippen molar-refractivity contribution in [2.75, 3.05) is 23.0 Å². The Kier molecular flexibility index (Phi) is 4.56. The average Bonchev–Trinajstić information content (AvgIpc) is 3.45. The quantitative estimate of drug-likeness (QED) is 0.638. The van der Waals surface area contributed by atoms with Gasteiger partial charge in [-0.2, -0.15) is 5.26 Å². The van der Waals surface area contributed by atoms with Gasteiger partial charge in [-0.05, 0) is 25.0 Å². The van der Waals surface area contributed by atoms with E-state index in [0.717, 1.165) is 17.0 Å². The number of sulfone groups is 1. The number of nitrogens with zero attached hydrogens (tertiary/aromatic N) is 5. The van der Waals surface area contributed by atoms with E-state index in [0.29, 0.717) is 11.1 Å². The summed E-state index contributed by atoms with van der Waals surface area (Å²) in [5, 5.41) is 17.3. The van der Waals surface area contributed by atoms with Crippen LogP contribution in [0.2, 0.25) is 0 Å². The SMILES string of the molecule is N#CC1(c2c(F)cc(N3C[C@H](Cn4ccnn4)OC3=O)cc2F)CC2=C(C1)CS(=O)(=O)C2. The first-order valence-corrected chi connectivity index (χ1v) is 11.6. The Bertz CT molecular complexity index is 1250. The Morgan fingerprint density at radius 3 is 2.44 bits per heavy atom. The molecule has 0 N–H and O–H groups in total. The van der Waals surface area contributed by atoms with Crippen LogP contribution in [0.15, 0.2) is 35.7 Å². The molecule has 0 bridgehead atoms. The van der Waals surface area contributed by atoms with Crippen LogP contribution < -0.4 is 4.90 Å². The second-order valence-electron chi connectivity index (χ2n) is 8.31. The molecule has 3 heterocycles. The van der Waals surface area contributed by atoms with Crippen LogP contribution in [-0.2, 0) is 26.5 Å². The molecule has 2 aliphatic heterocycles. The molecule has 1 aromatic carbocycles. The molecule has 2 aromatic rings. The van der Waals surface area contributed by atoms with Crippen molar-refractivity contribution in [2.45, 2.75) is 30.9 Å². The predicted molar refractivity (Wildman–Crippen MR) is 106 cm³/mol. The van der Waals surface area contributed by atoms with E-state index in [4.69, 9.17) is 4.74 Å². The second kappa shape index (κ2) is 7.09. The maximum absolute atomic E-state index is 15.2. The number of halogens is 2. The number of carbonyl (C=O) groups is 1. The van der Waals surface area contributed by atoms with Crippen molar-refractivity contribution in [2.24, 2.45) is 0 Å². The van der Waals surface area contributed by atoms with Crippen molar-refractivity contribution in [1.29, 1.82) is 5.26 Å². The van der Waals surface area contributed by atoms with Gasteiger partial charge in [-0.25, -0.2) is 26.7 Å². The zero-order chi connectivity index (χ0) is 22.7. The van der Waals surface area contributed by atoms with Gasteiger partial charge in [0, 0.05) is 11.8 Å². The minimum absolute atomic E-state index is 0.0241. The number of amides is 1. The van der Waals surface area contributed by atoms with Crippen LogP contribution in [-0.4, -0.2) is 53.7 Å². The van der Waals surface area contributed by atoms with E-state index in [9.17, 15) is 18.5 Å². The number of rotatable bonds is 4. The molecule has 12 heteroatoms. The van der Waals surface area contributed by atoms with Gasteiger partial charge < -0.3 is 4.74 Å². The molecule has 1 saturated heterocycles. The third-order valence-electron chi connectivity index (χ3n) is 6.09. The lowest BCUT2D eigenvalue weighted by Gasteiger charge is -2.25. The molecular formula is C20H17F2N5O4S. The van der Waals surface area contributed by atoms with Gasteiger partial charge in [0.25, 0.3) is 0 Å². The lowest BCUT2D eigenvalue weighted by atomic mass is 9.77. The van der Waals surface area contributed by atoms with Crippen LogP contribution in [0.1, 0.15) is 18.4 Å². The van der Waals surface area contributed by atoms with Crippen LogP contribution in [0, 0.1) is 23.0 Å². The Labute approximate surface area is 181 Å². The fourth-order valence-electron chi connectivity index (χ4n) is 4.78. The van der Waals surface area contributed by atoms with Crippen molar-refractivity contribution in [3.63, 3.8) is 0 Å². The molecule has 1 fully saturated rings. The van der Waals surface area contributed by atoms with Crippen LogP contribution in [0.4, 0.5) is 19.3 Å². The number of aromatic nitrogens is 3. The normalized spacial score (nSPS) is 23.3. The predicted octanol–water partition coefficient (Wildman–Crippen LogP) is 1.86. The molecule has 1 atom stereocenters. The largest absolute Gasteiger partial charge is 0.442 e. The molecule has 3 aliphatic rings. The third-order valence-corrected chi connectivity index (χ3v) is 7.66. The summed E-state index contributed by atoms with van der Waals surface area (Å²) in [6.07, 6.45) is 1.69. The van der Waals surface area contributed by atoms with Crippen molar-refractivity contribution in [3.05, 3.63) is 52.9 Å². The van der Waals surface area contributed by atoms with Gasteiger partial charge in [-0.3, -0.25) is 4.90 Å². The molecule has 0 saturated carbocycles. The van der Waals surface area contributed by atoms with Crippen molar-refractivity contribution in [3.8, 4) is 6.07 Å². The highest BCUT2D eigenvalue weighted by atomic mass is 32.2. The van der Waals surface area contributed by atoms with Crippen molar-refractivity contribution >= 4 is 21.6 Å². The first-order chi connectivity index (χ1) is 15.2. The summed E-state index contributed by atoms with van der Waals surface area (Å²) >= 11 is 0. The van der Waals surface area contributed by atoms with Gasteiger partial charge in [-0.1, -0.05) is 16.4 Å². The molecule has 1 aromatic heterocycles. The molecule has 5 rings (SSSR count). The number of nitriles is 1. The molecule has 0 unspecified atom stereocenters. The van der Waals surface area contributed by atoms with E-state index in [1.54, 1.807) is 6.20 Å². The zero-order valence-electron chi connectivity index (χ0n) is 16.7. The Morgan fingerprint density at radius 2 is 1.88 bits per heavy atom. The number of carbonyl (C=O) groups excluding carboxylic acids is 1. The van der Waals surface area contributed by atoms with E-state index in [1.807, 2.05) is 6.07 Å². The van der Waals surface area contributed by atoms with Gasteiger partial charge in [0.05, 0.1) is 48.0 Å². The highest BCUT2D eigenvalue weighted by Gasteiger charge is 2.48. The number of ether oxygens (including phenoxy) is 1. The van der Waals surface area contributed by atoms with Crippen molar-refractivity contribution in [1.82, 2.24) is 15.0 Å². The van der Waals surface area contributed by atoms with Crippen LogP contribution in [0.25, 0.3) is 0 Å². The molecule has 0 spiro atoms. The molecule has 9 nitrogen and oxygen atoms in total. The average molecular weight is 461 g/mol. The minimum Gasteiger partial charge on any atom is -0.442 e. The molecule has 32 heavy (non-hydrogen) atoms. The fraction of sp³-hybridized carbons (Fsp3) is 0.400. The summed E-state index contributed by atoms with van der Waals surface area (Å²) in [6, 6.07) is 4.04. The Morgan fingerprint density at radius 1 is 1.22 bits per heavy atom. The van der Waals surface area contributed by atoms with Gasteiger partial charge in [0.1, 0.15) is 17.7 Å². The minimum atomic E-state index is -3.25. The maximum atomic E-state index is 15.2. The molecule has 166 valence electrons. The summed E-state index contributed by atoms with van der Waals surface area (Å²) in [6.45, 7) is 0.303. The van der Waals surface area contributed by atoms with E-state index in [1.165, 1.54) is 10.9 Å². The Balaban J connectivity index is 1.41. The first-order valence-electron chi connectivity index (χ1n) is 9.83. The fourth-order valence-corrected chi connectivity index (χ4v) is 6.56. The highest BCUT2D eigenvalue weighted by Crippen LogP contribution is 2.49. The van der Waals surface area contributed by atoms with Gasteiger partial charge in [0.2, 0.25) is 0 Å². The highest BCUT2D eigenvalue weighted by molar-refractivity contribution is 7.92. The Hall–Kier alpha value is -3.33. The monoisotopic (exact) mass is 461 g/mol. The zero-order valence-corrected chi connectivity index (χ0v) is 17.5. The number of cyclic esters (lactones) is 1. The van der Waals surface area contributed by atoms with E-state index in [2.05, 4.69) is 10.3 Å². The number of hydrogen-bond donors (Lipinski definition) is 0. The van der Waals surface area contributed by atoms with E-state index in [-0.39, 0.29) is 43.1 Å². The number of anilines is 1. The summed E-state index contributed by atoms with van der Waals surface area (Å²) in [4.78, 5) is 13.4. The topological polar surface area (TPSA) is 118 Å². The summed E-state index contributed by atoms with van der Waals surface area (Å²) in [5.74, 6) is -2.28. The number of hydrogen-bond acceptors (Lipinski definition) is 7. The standard InChI is InChI=1S/C20H17F2N5O4S/c21-16-3-14(27-8-15(31-19(27)28)7-26-2-1-24-25-26)4-17(22)18(16)20(11-23)5-12-9-32(29,30)10-13(12)6-20/h1-4,15H,5-10H2/t15-/m0/s1. The summed E-state index contributed by atoms with van der Waals surface area (Å²) < 4.78 is 60.8. The van der Waals surface area contributed by atoms with Gasteiger partial charge in [-0.15, -0.1) is 5.10 Å². The third kappa shape index (κ3) is 3.33. The van der Waals surface area contributed by atoms with Crippen LogP contribution in [0.3, 0.4) is 0 Å². The van der Waals surface area contributed by atoms with E-state index < -0.39 is 44.6 Å². The van der Waals surface area contributed by atoms with Crippen LogP contribution >= 0.6 is 0 Å². The lowest BCUT2D eigenvalue weighted by Crippen LogP contribution is -2.29. The number of benzene rings is 1. The molecule has 0 radical (unpaired) electrons. The molecule has 1 aliphatic carbocycles. The summed E-state index contributed by atoms with van der Waals surface area (Å²) in [5.41, 5.74) is -0.803. The smallest absolute Gasteiger partial charge is 0.414 e. The molecule has 1 amide bonds. The van der Waals surface area contributed by atoms with Gasteiger partial charge in [0.15, 0.2) is 9.84 Å².